The summed E-state index contributed by atoms with van der Waals surface area (Å²) < 4.78 is 15.8. The number of amides is 1. The Labute approximate surface area is 134 Å². The lowest BCUT2D eigenvalue weighted by atomic mass is 9.89. The highest BCUT2D eigenvalue weighted by Gasteiger charge is 2.28. The minimum atomic E-state index is -1.22. The lowest BCUT2D eigenvalue weighted by Gasteiger charge is -2.22. The molecule has 0 aliphatic heterocycles. The number of carbonyl (C=O) groups excluding carboxylic acids is 1. The Bertz CT molecular complexity index is 575. The van der Waals surface area contributed by atoms with Crippen LogP contribution >= 0.6 is 0 Å². The molecule has 0 heterocycles. The second-order valence-corrected chi connectivity index (χ2v) is 4.99. The molecule has 0 bridgehead atoms. The van der Waals surface area contributed by atoms with Gasteiger partial charge >= 0.3 is 5.97 Å². The van der Waals surface area contributed by atoms with E-state index in [-0.39, 0.29) is 12.8 Å². The zero-order chi connectivity index (χ0) is 17.6. The van der Waals surface area contributed by atoms with Gasteiger partial charge in [0.2, 0.25) is 11.7 Å². The minimum Gasteiger partial charge on any atom is -0.493 e. The van der Waals surface area contributed by atoms with Gasteiger partial charge in [0, 0.05) is 6.42 Å². The molecule has 8 nitrogen and oxygen atoms in total. The molecule has 0 aliphatic carbocycles. The molecule has 0 aromatic heterocycles. The Balaban J connectivity index is 3.22. The number of hydrogen-bond donors (Lipinski definition) is 3. The third-order valence-corrected chi connectivity index (χ3v) is 3.52. The first-order chi connectivity index (χ1) is 10.8. The van der Waals surface area contributed by atoms with Crippen LogP contribution in [0.4, 0.5) is 0 Å². The number of carboxylic acids is 1. The van der Waals surface area contributed by atoms with Gasteiger partial charge in [0.15, 0.2) is 11.5 Å². The van der Waals surface area contributed by atoms with E-state index in [1.165, 1.54) is 21.3 Å². The van der Waals surface area contributed by atoms with Gasteiger partial charge in [-0.3, -0.25) is 9.59 Å². The predicted octanol–water partition coefficient (Wildman–Crippen LogP) is 0.158. The fourth-order valence-corrected chi connectivity index (χ4v) is 2.39. The van der Waals surface area contributed by atoms with Crippen molar-refractivity contribution in [2.24, 2.45) is 17.4 Å². The summed E-state index contributed by atoms with van der Waals surface area (Å²) in [6, 6.07) is 2.16. The zero-order valence-corrected chi connectivity index (χ0v) is 13.4. The molecule has 0 radical (unpaired) electrons. The van der Waals surface area contributed by atoms with E-state index < -0.39 is 23.8 Å². The highest BCUT2D eigenvalue weighted by molar-refractivity contribution is 5.78. The second-order valence-electron chi connectivity index (χ2n) is 4.99. The summed E-state index contributed by atoms with van der Waals surface area (Å²) in [7, 11) is 4.42. The van der Waals surface area contributed by atoms with Crippen LogP contribution in [0.1, 0.15) is 12.0 Å². The first-order valence-electron chi connectivity index (χ1n) is 6.90. The number of carbonyl (C=O) groups is 2. The summed E-state index contributed by atoms with van der Waals surface area (Å²) in [5.74, 6) is -1.23. The lowest BCUT2D eigenvalue weighted by molar-refractivity contribution is -0.140. The van der Waals surface area contributed by atoms with Crippen LogP contribution in [0.15, 0.2) is 12.1 Å². The number of benzene rings is 1. The van der Waals surface area contributed by atoms with Gasteiger partial charge in [-0.15, -0.1) is 0 Å². The van der Waals surface area contributed by atoms with Gasteiger partial charge in [0.05, 0.1) is 21.3 Å². The molecule has 1 aromatic carbocycles. The summed E-state index contributed by atoms with van der Waals surface area (Å²) in [6.45, 7) is 0. The van der Waals surface area contributed by atoms with Crippen molar-refractivity contribution in [3.05, 3.63) is 17.7 Å². The standard InChI is InChI=1S/C15H22N2O6/c1-21-10-5-4-8(13(22-2)14(10)23-3)6-9(7-11(16)18)12(17)15(19)20/h4-5,9,12H,6-7,17H2,1-3H3,(H2,16,18)(H,19,20)/t9?,12-/m0/s1. The molecule has 1 rings (SSSR count). The molecule has 23 heavy (non-hydrogen) atoms. The highest BCUT2D eigenvalue weighted by atomic mass is 16.5. The first-order valence-corrected chi connectivity index (χ1v) is 6.90. The van der Waals surface area contributed by atoms with Gasteiger partial charge in [-0.25, -0.2) is 0 Å². The highest BCUT2D eigenvalue weighted by Crippen LogP contribution is 2.40. The number of hydrogen-bond acceptors (Lipinski definition) is 6. The largest absolute Gasteiger partial charge is 0.493 e. The maximum absolute atomic E-state index is 11.2. The molecule has 0 saturated carbocycles. The number of methoxy groups -OCH3 is 3. The number of aliphatic carboxylic acids is 1. The first kappa shape index (κ1) is 18.6. The van der Waals surface area contributed by atoms with Crippen LogP contribution < -0.4 is 25.7 Å². The summed E-state index contributed by atoms with van der Waals surface area (Å²) in [5, 5.41) is 9.10. The van der Waals surface area contributed by atoms with Crippen LogP contribution in [0.5, 0.6) is 17.2 Å². The average molecular weight is 326 g/mol. The van der Waals surface area contributed by atoms with Crippen molar-refractivity contribution in [1.82, 2.24) is 0 Å². The van der Waals surface area contributed by atoms with Crippen LogP contribution in [-0.4, -0.2) is 44.4 Å². The monoisotopic (exact) mass is 326 g/mol. The summed E-state index contributed by atoms with van der Waals surface area (Å²) in [5.41, 5.74) is 11.5. The summed E-state index contributed by atoms with van der Waals surface area (Å²) in [4.78, 5) is 22.3. The molecule has 0 saturated heterocycles. The van der Waals surface area contributed by atoms with E-state index in [0.29, 0.717) is 22.8 Å². The molecule has 0 aliphatic rings. The SMILES string of the molecule is COc1ccc(CC(CC(N)=O)[C@H](N)C(=O)O)c(OC)c1OC. The van der Waals surface area contributed by atoms with Crippen molar-refractivity contribution in [2.75, 3.05) is 21.3 Å². The Morgan fingerprint density at radius 1 is 1.13 bits per heavy atom. The number of carboxylic acid groups (broad SMARTS) is 1. The molecule has 2 atom stereocenters. The lowest BCUT2D eigenvalue weighted by Crippen LogP contribution is -2.41. The molecular weight excluding hydrogens is 304 g/mol. The fourth-order valence-electron chi connectivity index (χ4n) is 2.39. The number of rotatable bonds is 9. The van der Waals surface area contributed by atoms with Gasteiger partial charge in [0.1, 0.15) is 6.04 Å². The number of nitrogens with two attached hydrogens (primary N) is 2. The van der Waals surface area contributed by atoms with Gasteiger partial charge in [0.25, 0.3) is 0 Å². The van der Waals surface area contributed by atoms with Crippen molar-refractivity contribution in [3.8, 4) is 17.2 Å². The van der Waals surface area contributed by atoms with E-state index in [9.17, 15) is 9.59 Å². The minimum absolute atomic E-state index is 0.148. The Kier molecular flexibility index (Phi) is 6.65. The molecular formula is C15H22N2O6. The average Bonchev–Trinajstić information content (AvgIpc) is 2.52. The third kappa shape index (κ3) is 4.49. The maximum atomic E-state index is 11.2. The maximum Gasteiger partial charge on any atom is 0.320 e. The Hall–Kier alpha value is -2.48. The van der Waals surface area contributed by atoms with Crippen molar-refractivity contribution in [2.45, 2.75) is 18.9 Å². The molecule has 1 unspecified atom stereocenters. The van der Waals surface area contributed by atoms with E-state index >= 15 is 0 Å². The van der Waals surface area contributed by atoms with E-state index in [4.69, 9.17) is 30.8 Å². The number of ether oxygens (including phenoxy) is 3. The topological polar surface area (TPSA) is 134 Å². The summed E-state index contributed by atoms with van der Waals surface area (Å²) in [6.07, 6.45) is 0.0465. The molecule has 1 amide bonds. The molecule has 5 N–H and O–H groups in total. The van der Waals surface area contributed by atoms with Crippen molar-refractivity contribution in [1.29, 1.82) is 0 Å². The van der Waals surface area contributed by atoms with Crippen molar-refractivity contribution in [3.63, 3.8) is 0 Å². The van der Waals surface area contributed by atoms with Crippen LogP contribution in [0.2, 0.25) is 0 Å². The summed E-state index contributed by atoms with van der Waals surface area (Å²) >= 11 is 0. The van der Waals surface area contributed by atoms with Crippen molar-refractivity contribution >= 4 is 11.9 Å². The van der Waals surface area contributed by atoms with Crippen LogP contribution in [0, 0.1) is 5.92 Å². The molecule has 8 heteroatoms. The van der Waals surface area contributed by atoms with E-state index in [1.54, 1.807) is 12.1 Å². The molecule has 1 aromatic rings. The van der Waals surface area contributed by atoms with Crippen LogP contribution in [0.25, 0.3) is 0 Å². The van der Waals surface area contributed by atoms with Gasteiger partial charge < -0.3 is 30.8 Å². The third-order valence-electron chi connectivity index (χ3n) is 3.52. The predicted molar refractivity (Wildman–Crippen MR) is 82.7 cm³/mol. The van der Waals surface area contributed by atoms with E-state index in [2.05, 4.69) is 0 Å². The fraction of sp³-hybridized carbons (Fsp3) is 0.467. The van der Waals surface area contributed by atoms with E-state index in [1.807, 2.05) is 0 Å². The Morgan fingerprint density at radius 3 is 2.17 bits per heavy atom. The number of primary amides is 1. The van der Waals surface area contributed by atoms with Gasteiger partial charge in [-0.2, -0.15) is 0 Å². The van der Waals surface area contributed by atoms with Crippen LogP contribution in [0.3, 0.4) is 0 Å². The van der Waals surface area contributed by atoms with E-state index in [0.717, 1.165) is 0 Å². The quantitative estimate of drug-likeness (QED) is 0.588. The normalized spacial score (nSPS) is 13.0. The second kappa shape index (κ2) is 8.23. The smallest absolute Gasteiger partial charge is 0.320 e. The van der Waals surface area contributed by atoms with Gasteiger partial charge in [-0.1, -0.05) is 6.07 Å². The molecule has 0 spiro atoms. The molecule has 128 valence electrons. The van der Waals surface area contributed by atoms with Crippen LogP contribution in [-0.2, 0) is 16.0 Å². The molecule has 0 fully saturated rings. The van der Waals surface area contributed by atoms with Gasteiger partial charge in [-0.05, 0) is 24.0 Å². The zero-order valence-electron chi connectivity index (χ0n) is 13.4. The van der Waals surface area contributed by atoms with Crippen molar-refractivity contribution < 1.29 is 28.9 Å². The Morgan fingerprint density at radius 2 is 1.74 bits per heavy atom.